The van der Waals surface area contributed by atoms with Gasteiger partial charge in [0, 0.05) is 42.3 Å². The molecule has 2 aromatic carbocycles. The quantitative estimate of drug-likeness (QED) is 0.425. The molecule has 0 spiro atoms. The molecule has 0 aliphatic rings. The molecule has 0 aromatic heterocycles. The van der Waals surface area contributed by atoms with Crippen molar-refractivity contribution in [1.82, 2.24) is 10.6 Å². The van der Waals surface area contributed by atoms with Crippen LogP contribution in [0, 0.1) is 6.92 Å². The zero-order valence-electron chi connectivity index (χ0n) is 16.5. The predicted molar refractivity (Wildman–Crippen MR) is 118 cm³/mol. The third-order valence-corrected chi connectivity index (χ3v) is 4.55. The number of aryl methyl sites for hydroxylation is 1. The molecular weight excluding hydrogens is 420 g/mol. The summed E-state index contributed by atoms with van der Waals surface area (Å²) in [7, 11) is 1.70. The minimum Gasteiger partial charge on any atom is -0.494 e. The number of benzene rings is 2. The minimum absolute atomic E-state index is 0.0501. The average molecular weight is 447 g/mol. The summed E-state index contributed by atoms with van der Waals surface area (Å²) >= 11 is 3.42. The number of hydrogen-bond acceptors (Lipinski definition) is 3. The molecule has 0 saturated heterocycles. The van der Waals surface area contributed by atoms with E-state index in [0.29, 0.717) is 32.1 Å². The molecule has 7 heteroatoms. The molecule has 0 bridgehead atoms. The van der Waals surface area contributed by atoms with E-state index in [1.807, 2.05) is 56.3 Å². The van der Waals surface area contributed by atoms with Gasteiger partial charge in [0.1, 0.15) is 5.75 Å². The van der Waals surface area contributed by atoms with Crippen molar-refractivity contribution in [1.29, 1.82) is 0 Å². The maximum Gasteiger partial charge on any atom is 0.226 e. The number of anilines is 1. The van der Waals surface area contributed by atoms with Crippen LogP contribution in [-0.2, 0) is 11.3 Å². The topological polar surface area (TPSA) is 74.8 Å². The molecule has 0 atom stereocenters. The predicted octanol–water partition coefficient (Wildman–Crippen LogP) is 3.85. The number of para-hydroxylation sites is 1. The smallest absolute Gasteiger partial charge is 0.226 e. The van der Waals surface area contributed by atoms with E-state index in [0.717, 1.165) is 27.0 Å². The molecule has 0 fully saturated rings. The van der Waals surface area contributed by atoms with Gasteiger partial charge < -0.3 is 20.7 Å². The lowest BCUT2D eigenvalue weighted by atomic mass is 10.2. The molecule has 150 valence electrons. The van der Waals surface area contributed by atoms with Gasteiger partial charge >= 0.3 is 0 Å². The first-order chi connectivity index (χ1) is 13.5. The monoisotopic (exact) mass is 446 g/mol. The minimum atomic E-state index is -0.0501. The zero-order chi connectivity index (χ0) is 20.4. The van der Waals surface area contributed by atoms with Crippen LogP contribution in [0.15, 0.2) is 51.9 Å². The van der Waals surface area contributed by atoms with Crippen LogP contribution >= 0.6 is 15.9 Å². The van der Waals surface area contributed by atoms with Crippen molar-refractivity contribution in [2.75, 3.05) is 25.5 Å². The molecule has 0 aliphatic carbocycles. The summed E-state index contributed by atoms with van der Waals surface area (Å²) in [5.74, 6) is 1.44. The van der Waals surface area contributed by atoms with Crippen LogP contribution in [0.3, 0.4) is 0 Å². The molecule has 0 heterocycles. The van der Waals surface area contributed by atoms with Gasteiger partial charge in [-0.3, -0.25) is 9.79 Å². The second kappa shape index (κ2) is 11.3. The van der Waals surface area contributed by atoms with Crippen LogP contribution in [0.2, 0.25) is 0 Å². The summed E-state index contributed by atoms with van der Waals surface area (Å²) in [4.78, 5) is 16.4. The van der Waals surface area contributed by atoms with E-state index in [9.17, 15) is 4.79 Å². The van der Waals surface area contributed by atoms with Gasteiger partial charge in [-0.25, -0.2) is 0 Å². The van der Waals surface area contributed by atoms with E-state index < -0.39 is 0 Å². The number of rotatable bonds is 8. The largest absolute Gasteiger partial charge is 0.494 e. The molecule has 2 rings (SSSR count). The number of ether oxygens (including phenoxy) is 1. The first kappa shape index (κ1) is 21.8. The summed E-state index contributed by atoms with van der Waals surface area (Å²) in [6.45, 7) is 5.61. The van der Waals surface area contributed by atoms with Crippen molar-refractivity contribution >= 4 is 33.5 Å². The number of carbonyl (C=O) groups excluding carboxylic acids is 1. The molecule has 28 heavy (non-hydrogen) atoms. The first-order valence-electron chi connectivity index (χ1n) is 9.24. The Kier molecular flexibility index (Phi) is 8.81. The van der Waals surface area contributed by atoms with Gasteiger partial charge in [-0.2, -0.15) is 0 Å². The number of aliphatic imine (C=N–C) groups is 1. The number of carbonyl (C=O) groups is 1. The van der Waals surface area contributed by atoms with E-state index in [4.69, 9.17) is 4.74 Å². The molecule has 6 nitrogen and oxygen atoms in total. The van der Waals surface area contributed by atoms with Crippen LogP contribution in [0.5, 0.6) is 5.75 Å². The Hall–Kier alpha value is -2.54. The zero-order valence-corrected chi connectivity index (χ0v) is 18.1. The summed E-state index contributed by atoms with van der Waals surface area (Å²) < 4.78 is 6.57. The van der Waals surface area contributed by atoms with Gasteiger partial charge in [0.2, 0.25) is 5.91 Å². The van der Waals surface area contributed by atoms with E-state index in [1.54, 1.807) is 7.05 Å². The second-order valence-corrected chi connectivity index (χ2v) is 7.07. The fourth-order valence-corrected chi connectivity index (χ4v) is 2.94. The van der Waals surface area contributed by atoms with Gasteiger partial charge in [0.05, 0.1) is 6.61 Å². The molecule has 0 radical (unpaired) electrons. The number of hydrogen-bond donors (Lipinski definition) is 3. The van der Waals surface area contributed by atoms with Crippen molar-refractivity contribution < 1.29 is 9.53 Å². The van der Waals surface area contributed by atoms with E-state index in [1.165, 1.54) is 0 Å². The van der Waals surface area contributed by atoms with Crippen LogP contribution < -0.4 is 20.7 Å². The third-order valence-electron chi connectivity index (χ3n) is 4.06. The number of halogens is 1. The normalized spacial score (nSPS) is 11.1. The van der Waals surface area contributed by atoms with Gasteiger partial charge in [-0.1, -0.05) is 40.2 Å². The Morgan fingerprint density at radius 1 is 1.18 bits per heavy atom. The highest BCUT2D eigenvalue weighted by Crippen LogP contribution is 2.20. The number of nitrogens with one attached hydrogen (secondary N) is 3. The standard InChI is InChI=1S/C21H27BrN4O2/c1-4-28-19-8-6-5-7-16(19)14-25-21(23-3)24-12-11-20(27)26-18-13-17(22)10-9-15(18)2/h5-10,13H,4,11-12,14H2,1-3H3,(H,26,27)(H2,23,24,25). The van der Waals surface area contributed by atoms with Crippen LogP contribution in [0.1, 0.15) is 24.5 Å². The Bertz CT molecular complexity index is 824. The molecule has 1 amide bonds. The van der Waals surface area contributed by atoms with Crippen molar-refractivity contribution in [2.24, 2.45) is 4.99 Å². The van der Waals surface area contributed by atoms with Gasteiger partial charge in [0.15, 0.2) is 5.96 Å². The lowest BCUT2D eigenvalue weighted by molar-refractivity contribution is -0.116. The Morgan fingerprint density at radius 3 is 2.71 bits per heavy atom. The molecule has 0 aliphatic heterocycles. The summed E-state index contributed by atoms with van der Waals surface area (Å²) in [6, 6.07) is 13.7. The Morgan fingerprint density at radius 2 is 1.96 bits per heavy atom. The maximum absolute atomic E-state index is 12.2. The van der Waals surface area contributed by atoms with Crippen molar-refractivity contribution in [3.05, 3.63) is 58.1 Å². The number of guanidine groups is 1. The lowest BCUT2D eigenvalue weighted by Crippen LogP contribution is -2.38. The highest BCUT2D eigenvalue weighted by atomic mass is 79.9. The van der Waals surface area contributed by atoms with Crippen molar-refractivity contribution in [3.63, 3.8) is 0 Å². The fourth-order valence-electron chi connectivity index (χ4n) is 2.58. The number of nitrogens with zero attached hydrogens (tertiary/aromatic N) is 1. The Labute approximate surface area is 174 Å². The van der Waals surface area contributed by atoms with Gasteiger partial charge in [-0.15, -0.1) is 0 Å². The molecule has 0 saturated carbocycles. The van der Waals surface area contributed by atoms with E-state index in [2.05, 4.69) is 36.9 Å². The highest BCUT2D eigenvalue weighted by Gasteiger charge is 2.07. The van der Waals surface area contributed by atoms with E-state index >= 15 is 0 Å². The third kappa shape index (κ3) is 6.88. The lowest BCUT2D eigenvalue weighted by Gasteiger charge is -2.14. The molecule has 3 N–H and O–H groups in total. The summed E-state index contributed by atoms with van der Waals surface area (Å²) in [5.41, 5.74) is 2.89. The first-order valence-corrected chi connectivity index (χ1v) is 10.0. The second-order valence-electron chi connectivity index (χ2n) is 6.15. The highest BCUT2D eigenvalue weighted by molar-refractivity contribution is 9.10. The van der Waals surface area contributed by atoms with Crippen LogP contribution in [0.25, 0.3) is 0 Å². The average Bonchev–Trinajstić information content (AvgIpc) is 2.68. The van der Waals surface area contributed by atoms with Crippen molar-refractivity contribution in [2.45, 2.75) is 26.8 Å². The fraction of sp³-hybridized carbons (Fsp3) is 0.333. The molecule has 2 aromatic rings. The summed E-state index contributed by atoms with van der Waals surface area (Å²) in [6.07, 6.45) is 0.336. The number of amides is 1. The molecular formula is C21H27BrN4O2. The van der Waals surface area contributed by atoms with Gasteiger partial charge in [0.25, 0.3) is 0 Å². The van der Waals surface area contributed by atoms with Crippen LogP contribution in [0.4, 0.5) is 5.69 Å². The van der Waals surface area contributed by atoms with E-state index in [-0.39, 0.29) is 5.91 Å². The van der Waals surface area contributed by atoms with Gasteiger partial charge in [-0.05, 0) is 37.6 Å². The SMILES string of the molecule is CCOc1ccccc1CNC(=NC)NCCC(=O)Nc1cc(Br)ccc1C. The maximum atomic E-state index is 12.2. The Balaban J connectivity index is 1.79. The van der Waals surface area contributed by atoms with Crippen LogP contribution in [-0.4, -0.2) is 32.1 Å². The van der Waals surface area contributed by atoms with Crippen molar-refractivity contribution in [3.8, 4) is 5.75 Å². The molecule has 0 unspecified atom stereocenters. The summed E-state index contributed by atoms with van der Waals surface area (Å²) in [5, 5.41) is 9.34.